The zero-order valence-electron chi connectivity index (χ0n) is 15.1. The van der Waals surface area contributed by atoms with Crippen LogP contribution in [0.4, 0.5) is 0 Å². The highest BCUT2D eigenvalue weighted by molar-refractivity contribution is 14.1. The van der Waals surface area contributed by atoms with Crippen molar-refractivity contribution in [1.82, 2.24) is 0 Å². The standard InChI is InChI=1S/C26H19I/c1-26(20-7-3-2-4-8-20)24-10-6-5-9-22(24)23-17-19(13-16-25(23)26)18-11-14-21(27)15-12-18/h2-17H,1H3. The first-order valence-corrected chi connectivity index (χ1v) is 10.3. The van der Waals surface area contributed by atoms with Crippen molar-refractivity contribution < 1.29 is 0 Å². The van der Waals surface area contributed by atoms with Crippen LogP contribution >= 0.6 is 22.6 Å². The highest BCUT2D eigenvalue weighted by Crippen LogP contribution is 2.52. The Hall–Kier alpha value is -2.39. The molecule has 1 aliphatic rings. The van der Waals surface area contributed by atoms with Crippen LogP contribution in [0.2, 0.25) is 0 Å². The minimum absolute atomic E-state index is 0.113. The zero-order chi connectivity index (χ0) is 18.4. The van der Waals surface area contributed by atoms with E-state index in [9.17, 15) is 0 Å². The number of halogens is 1. The quantitative estimate of drug-likeness (QED) is 0.277. The van der Waals surface area contributed by atoms with E-state index in [2.05, 4.69) is 127 Å². The van der Waals surface area contributed by atoms with Gasteiger partial charge >= 0.3 is 0 Å². The Morgan fingerprint density at radius 3 is 2.00 bits per heavy atom. The smallest absolute Gasteiger partial charge is 0.0435 e. The first kappa shape index (κ1) is 16.8. The van der Waals surface area contributed by atoms with Gasteiger partial charge in [-0.2, -0.15) is 0 Å². The number of hydrogen-bond donors (Lipinski definition) is 0. The van der Waals surface area contributed by atoms with E-state index >= 15 is 0 Å². The number of benzene rings is 4. The second kappa shape index (κ2) is 6.35. The lowest BCUT2D eigenvalue weighted by Crippen LogP contribution is -2.22. The van der Waals surface area contributed by atoms with Gasteiger partial charge in [0.05, 0.1) is 0 Å². The van der Waals surface area contributed by atoms with Crippen molar-refractivity contribution in [3.05, 3.63) is 117 Å². The molecule has 4 aromatic rings. The summed E-state index contributed by atoms with van der Waals surface area (Å²) >= 11 is 2.36. The molecule has 1 aliphatic carbocycles. The van der Waals surface area contributed by atoms with Gasteiger partial charge in [0.2, 0.25) is 0 Å². The third-order valence-corrected chi connectivity index (χ3v) is 6.56. The lowest BCUT2D eigenvalue weighted by Gasteiger charge is -2.28. The van der Waals surface area contributed by atoms with Crippen LogP contribution in [0.5, 0.6) is 0 Å². The minimum Gasteiger partial charge on any atom is -0.0622 e. The van der Waals surface area contributed by atoms with Crippen LogP contribution in [0.3, 0.4) is 0 Å². The molecule has 0 N–H and O–H groups in total. The maximum atomic E-state index is 2.37. The van der Waals surface area contributed by atoms with E-state index in [4.69, 9.17) is 0 Å². The molecule has 0 nitrogen and oxygen atoms in total. The van der Waals surface area contributed by atoms with E-state index in [1.165, 1.54) is 42.5 Å². The average Bonchev–Trinajstić information content (AvgIpc) is 2.99. The molecular weight excluding hydrogens is 439 g/mol. The summed E-state index contributed by atoms with van der Waals surface area (Å²) in [6.07, 6.45) is 0. The number of rotatable bonds is 2. The third kappa shape index (κ3) is 2.56. The molecule has 0 aliphatic heterocycles. The maximum Gasteiger partial charge on any atom is 0.0435 e. The molecular formula is C26H19I. The van der Waals surface area contributed by atoms with E-state index in [-0.39, 0.29) is 5.41 Å². The SMILES string of the molecule is CC1(c2ccccc2)c2ccccc2-c2cc(-c3ccc(I)cc3)ccc21. The second-order valence-corrected chi connectivity index (χ2v) is 8.55. The monoisotopic (exact) mass is 458 g/mol. The molecule has 0 bridgehead atoms. The van der Waals surface area contributed by atoms with Gasteiger partial charge in [-0.15, -0.1) is 0 Å². The molecule has 0 amide bonds. The molecule has 4 aromatic carbocycles. The van der Waals surface area contributed by atoms with Crippen LogP contribution in [-0.4, -0.2) is 0 Å². The largest absolute Gasteiger partial charge is 0.0622 e. The van der Waals surface area contributed by atoms with Crippen LogP contribution in [0, 0.1) is 3.57 Å². The van der Waals surface area contributed by atoms with Crippen LogP contribution in [0.25, 0.3) is 22.3 Å². The molecule has 5 rings (SSSR count). The van der Waals surface area contributed by atoms with E-state index in [1.807, 2.05) is 0 Å². The first-order valence-electron chi connectivity index (χ1n) is 9.24. The highest BCUT2D eigenvalue weighted by atomic mass is 127. The number of hydrogen-bond acceptors (Lipinski definition) is 0. The van der Waals surface area contributed by atoms with Gasteiger partial charge < -0.3 is 0 Å². The van der Waals surface area contributed by atoms with Crippen molar-refractivity contribution >= 4 is 22.6 Å². The minimum atomic E-state index is -0.113. The van der Waals surface area contributed by atoms with Gasteiger partial charge in [-0.25, -0.2) is 0 Å². The fourth-order valence-corrected chi connectivity index (χ4v) is 4.77. The Labute approximate surface area is 174 Å². The summed E-state index contributed by atoms with van der Waals surface area (Å²) < 4.78 is 1.26. The molecule has 0 spiro atoms. The fourth-order valence-electron chi connectivity index (χ4n) is 4.41. The Balaban J connectivity index is 1.75. The van der Waals surface area contributed by atoms with Crippen molar-refractivity contribution in [2.24, 2.45) is 0 Å². The Morgan fingerprint density at radius 2 is 1.22 bits per heavy atom. The Morgan fingerprint density at radius 1 is 0.593 bits per heavy atom. The molecule has 27 heavy (non-hydrogen) atoms. The highest BCUT2D eigenvalue weighted by Gasteiger charge is 2.40. The summed E-state index contributed by atoms with van der Waals surface area (Å²) in [6, 6.07) is 35.5. The molecule has 0 radical (unpaired) electrons. The zero-order valence-corrected chi connectivity index (χ0v) is 17.3. The van der Waals surface area contributed by atoms with Crippen LogP contribution in [0.1, 0.15) is 23.6 Å². The normalized spacial score (nSPS) is 17.4. The number of fused-ring (bicyclic) bond motifs is 3. The summed E-state index contributed by atoms with van der Waals surface area (Å²) in [5.74, 6) is 0. The fraction of sp³-hybridized carbons (Fsp3) is 0.0769. The first-order chi connectivity index (χ1) is 13.2. The molecule has 0 saturated carbocycles. The van der Waals surface area contributed by atoms with Gasteiger partial charge in [0.25, 0.3) is 0 Å². The lowest BCUT2D eigenvalue weighted by atomic mass is 9.74. The molecule has 0 heterocycles. The van der Waals surface area contributed by atoms with Crippen LogP contribution < -0.4 is 0 Å². The molecule has 1 heteroatoms. The molecule has 0 fully saturated rings. The van der Waals surface area contributed by atoms with E-state index in [0.29, 0.717) is 0 Å². The predicted octanol–water partition coefficient (Wildman–Crippen LogP) is 7.29. The van der Waals surface area contributed by atoms with Crippen LogP contribution in [-0.2, 0) is 5.41 Å². The molecule has 1 atom stereocenters. The second-order valence-electron chi connectivity index (χ2n) is 7.30. The lowest BCUT2D eigenvalue weighted by molar-refractivity contribution is 0.714. The van der Waals surface area contributed by atoms with Crippen molar-refractivity contribution in [1.29, 1.82) is 0 Å². The molecule has 130 valence electrons. The molecule has 0 aromatic heterocycles. The van der Waals surface area contributed by atoms with Crippen molar-refractivity contribution in [3.63, 3.8) is 0 Å². The van der Waals surface area contributed by atoms with Gasteiger partial charge in [0.15, 0.2) is 0 Å². The van der Waals surface area contributed by atoms with Crippen molar-refractivity contribution in [3.8, 4) is 22.3 Å². The van der Waals surface area contributed by atoms with E-state index in [1.54, 1.807) is 0 Å². The van der Waals surface area contributed by atoms with E-state index < -0.39 is 0 Å². The average molecular weight is 458 g/mol. The summed E-state index contributed by atoms with van der Waals surface area (Å²) in [5.41, 5.74) is 9.27. The van der Waals surface area contributed by atoms with E-state index in [0.717, 1.165) is 0 Å². The maximum absolute atomic E-state index is 2.37. The van der Waals surface area contributed by atoms with Crippen LogP contribution in [0.15, 0.2) is 97.1 Å². The molecule has 1 unspecified atom stereocenters. The summed E-state index contributed by atoms with van der Waals surface area (Å²) in [6.45, 7) is 2.36. The van der Waals surface area contributed by atoms with Gasteiger partial charge in [-0.3, -0.25) is 0 Å². The van der Waals surface area contributed by atoms with Gasteiger partial charge in [0.1, 0.15) is 0 Å². The van der Waals surface area contributed by atoms with Crippen molar-refractivity contribution in [2.45, 2.75) is 12.3 Å². The van der Waals surface area contributed by atoms with Gasteiger partial charge in [-0.05, 0) is 86.7 Å². The van der Waals surface area contributed by atoms with Gasteiger partial charge in [-0.1, -0.05) is 78.9 Å². The topological polar surface area (TPSA) is 0 Å². The summed E-state index contributed by atoms with van der Waals surface area (Å²) in [7, 11) is 0. The summed E-state index contributed by atoms with van der Waals surface area (Å²) in [5, 5.41) is 0. The third-order valence-electron chi connectivity index (χ3n) is 5.84. The Kier molecular flexibility index (Phi) is 3.94. The van der Waals surface area contributed by atoms with Gasteiger partial charge in [0, 0.05) is 8.99 Å². The molecule has 0 saturated heterocycles. The summed E-state index contributed by atoms with van der Waals surface area (Å²) in [4.78, 5) is 0. The Bertz CT molecular complexity index is 1130. The van der Waals surface area contributed by atoms with Crippen molar-refractivity contribution in [2.75, 3.05) is 0 Å². The predicted molar refractivity (Wildman–Crippen MR) is 122 cm³/mol.